The first kappa shape index (κ1) is 18.5. The molecular weight excluding hydrogens is 340 g/mol. The first-order chi connectivity index (χ1) is 12.1. The van der Waals surface area contributed by atoms with Crippen LogP contribution in [0.3, 0.4) is 0 Å². The molecule has 2 N–H and O–H groups in total. The molecule has 2 aromatic carbocycles. The molecule has 0 aromatic heterocycles. The van der Waals surface area contributed by atoms with Crippen LogP contribution in [0, 0.1) is 0 Å². The van der Waals surface area contributed by atoms with Crippen molar-refractivity contribution in [2.45, 2.75) is 13.2 Å². The minimum Gasteiger partial charge on any atom is -0.426 e. The highest BCUT2D eigenvalue weighted by Gasteiger charge is 2.37. The van der Waals surface area contributed by atoms with Crippen molar-refractivity contribution in [2.75, 3.05) is 6.26 Å². The Bertz CT molecular complexity index is 667. The average molecular weight is 359 g/mol. The number of amides is 2. The Morgan fingerprint density at radius 1 is 0.880 bits per heavy atom. The minimum absolute atomic E-state index is 0.0175. The number of carbonyl (C=O) groups excluding carboxylic acids is 2. The van der Waals surface area contributed by atoms with E-state index in [4.69, 9.17) is 14.9 Å². The molecule has 2 aromatic rings. The van der Waals surface area contributed by atoms with Crippen molar-refractivity contribution in [3.63, 3.8) is 0 Å². The number of carbonyl (C=O) groups is 2. The van der Waals surface area contributed by atoms with E-state index in [1.54, 1.807) is 6.26 Å². The lowest BCUT2D eigenvalue weighted by atomic mass is 10.2. The van der Waals surface area contributed by atoms with Crippen LogP contribution in [-0.4, -0.2) is 28.5 Å². The van der Waals surface area contributed by atoms with Gasteiger partial charge in [0.25, 0.3) is 0 Å². The summed E-state index contributed by atoms with van der Waals surface area (Å²) in [6.45, 7) is 0.0631. The fraction of sp³-hybridized carbons (Fsp3) is 0.167. The zero-order valence-corrected chi connectivity index (χ0v) is 14.6. The van der Waals surface area contributed by atoms with Crippen LogP contribution in [0.25, 0.3) is 0 Å². The molecule has 0 bridgehead atoms. The molecule has 0 fully saturated rings. The van der Waals surface area contributed by atoms with Crippen LogP contribution >= 0.6 is 11.8 Å². The summed E-state index contributed by atoms with van der Waals surface area (Å²) in [6.07, 6.45) is -0.111. The van der Waals surface area contributed by atoms with Crippen molar-refractivity contribution in [2.24, 2.45) is 0 Å². The molecule has 0 aliphatic carbocycles. The smallest absolute Gasteiger partial charge is 0.426 e. The van der Waals surface area contributed by atoms with E-state index >= 15 is 0 Å². The van der Waals surface area contributed by atoms with Crippen molar-refractivity contribution >= 4 is 29.1 Å². The molecule has 130 valence electrons. The SMILES string of the molecule is CSC(=[NH2+])N(C(=O)OCc1ccccc1)C(=O)OCc1ccccc1. The topological polar surface area (TPSA) is 81.4 Å². The number of thioether (sulfide) groups is 1. The maximum atomic E-state index is 12.3. The summed E-state index contributed by atoms with van der Waals surface area (Å²) in [5.41, 5.74) is 1.60. The number of amidine groups is 1. The molecule has 0 aliphatic rings. The summed E-state index contributed by atoms with van der Waals surface area (Å²) in [7, 11) is 0. The summed E-state index contributed by atoms with van der Waals surface area (Å²) in [6, 6.07) is 18.3. The molecular formula is C18H19N2O4S+. The molecule has 6 nitrogen and oxygen atoms in total. The predicted octanol–water partition coefficient (Wildman–Crippen LogP) is 2.44. The number of ether oxygens (including phenoxy) is 2. The number of nitrogens with two attached hydrogens (primary N) is 1. The van der Waals surface area contributed by atoms with E-state index < -0.39 is 12.2 Å². The Morgan fingerprint density at radius 2 is 1.28 bits per heavy atom. The van der Waals surface area contributed by atoms with Crippen LogP contribution < -0.4 is 5.41 Å². The van der Waals surface area contributed by atoms with Crippen LogP contribution in [0.5, 0.6) is 0 Å². The van der Waals surface area contributed by atoms with Gasteiger partial charge >= 0.3 is 17.4 Å². The molecule has 0 saturated carbocycles. The minimum atomic E-state index is -0.881. The maximum absolute atomic E-state index is 12.3. The van der Waals surface area contributed by atoms with Gasteiger partial charge in [-0.15, -0.1) is 0 Å². The van der Waals surface area contributed by atoms with Crippen molar-refractivity contribution in [3.8, 4) is 0 Å². The Kier molecular flexibility index (Phi) is 7.03. The predicted molar refractivity (Wildman–Crippen MR) is 95.5 cm³/mol. The van der Waals surface area contributed by atoms with Crippen molar-refractivity contribution in [1.29, 1.82) is 0 Å². The summed E-state index contributed by atoms with van der Waals surface area (Å²) in [4.78, 5) is 25.2. The third-order valence-electron chi connectivity index (χ3n) is 3.20. The van der Waals surface area contributed by atoms with E-state index in [1.165, 1.54) is 0 Å². The maximum Gasteiger partial charge on any atom is 0.518 e. The van der Waals surface area contributed by atoms with Crippen molar-refractivity contribution < 1.29 is 24.5 Å². The fourth-order valence-electron chi connectivity index (χ4n) is 1.91. The molecule has 0 spiro atoms. The molecule has 0 atom stereocenters. The second kappa shape index (κ2) is 9.48. The highest BCUT2D eigenvalue weighted by molar-refractivity contribution is 8.13. The van der Waals surface area contributed by atoms with Crippen LogP contribution in [0.1, 0.15) is 11.1 Å². The Labute approximate surface area is 150 Å². The van der Waals surface area contributed by atoms with E-state index in [-0.39, 0.29) is 18.4 Å². The second-order valence-corrected chi connectivity index (χ2v) is 5.78. The molecule has 0 unspecified atom stereocenters. The van der Waals surface area contributed by atoms with Gasteiger partial charge in [-0.25, -0.2) is 0 Å². The lowest BCUT2D eigenvalue weighted by Gasteiger charge is -2.12. The van der Waals surface area contributed by atoms with Gasteiger partial charge in [-0.05, 0) is 34.0 Å². The summed E-state index contributed by atoms with van der Waals surface area (Å²) < 4.78 is 10.3. The summed E-state index contributed by atoms with van der Waals surface area (Å²) >= 11 is 1.05. The van der Waals surface area contributed by atoms with Gasteiger partial charge in [0.1, 0.15) is 13.2 Å². The average Bonchev–Trinajstić information content (AvgIpc) is 2.66. The summed E-state index contributed by atoms with van der Waals surface area (Å²) in [5, 5.41) is 5.74. The zero-order valence-electron chi connectivity index (χ0n) is 13.8. The number of hydrogen-bond donors (Lipinski definition) is 1. The van der Waals surface area contributed by atoms with Crippen LogP contribution in [0.4, 0.5) is 9.59 Å². The molecule has 0 aliphatic heterocycles. The molecule has 0 heterocycles. The van der Waals surface area contributed by atoms with E-state index in [9.17, 15) is 9.59 Å². The number of nitrogens with zero attached hydrogens (tertiary/aromatic N) is 1. The Morgan fingerprint density at radius 3 is 1.64 bits per heavy atom. The number of rotatable bonds is 4. The molecule has 7 heteroatoms. The number of imide groups is 1. The van der Waals surface area contributed by atoms with Gasteiger partial charge in [0.2, 0.25) is 0 Å². The lowest BCUT2D eigenvalue weighted by Crippen LogP contribution is -2.54. The Balaban J connectivity index is 1.97. The monoisotopic (exact) mass is 359 g/mol. The highest BCUT2D eigenvalue weighted by atomic mass is 32.2. The zero-order chi connectivity index (χ0) is 18.1. The summed E-state index contributed by atoms with van der Waals surface area (Å²) in [5.74, 6) is 0. The third-order valence-corrected chi connectivity index (χ3v) is 3.81. The van der Waals surface area contributed by atoms with Crippen LogP contribution in [-0.2, 0) is 22.7 Å². The van der Waals surface area contributed by atoms with Gasteiger partial charge in [0.15, 0.2) is 0 Å². The number of benzene rings is 2. The first-order valence-corrected chi connectivity index (χ1v) is 8.72. The normalized spacial score (nSPS) is 9.96. The van der Waals surface area contributed by atoms with Crippen LogP contribution in [0.15, 0.2) is 60.7 Å². The third kappa shape index (κ3) is 5.65. The van der Waals surface area contributed by atoms with Crippen LogP contribution in [0.2, 0.25) is 0 Å². The van der Waals surface area contributed by atoms with Gasteiger partial charge in [0.05, 0.1) is 0 Å². The number of hydrogen-bond acceptors (Lipinski definition) is 5. The highest BCUT2D eigenvalue weighted by Crippen LogP contribution is 2.10. The van der Waals surface area contributed by atoms with Gasteiger partial charge in [-0.1, -0.05) is 60.7 Å². The van der Waals surface area contributed by atoms with E-state index in [1.807, 2.05) is 60.7 Å². The second-order valence-electron chi connectivity index (χ2n) is 4.96. The quantitative estimate of drug-likeness (QED) is 0.670. The van der Waals surface area contributed by atoms with Gasteiger partial charge in [0, 0.05) is 0 Å². The molecule has 2 amide bonds. The molecule has 2 rings (SSSR count). The van der Waals surface area contributed by atoms with Crippen molar-refractivity contribution in [3.05, 3.63) is 71.8 Å². The molecule has 0 saturated heterocycles. The largest absolute Gasteiger partial charge is 0.518 e. The van der Waals surface area contributed by atoms with E-state index in [0.717, 1.165) is 22.9 Å². The van der Waals surface area contributed by atoms with Gasteiger partial charge in [-0.3, -0.25) is 5.41 Å². The van der Waals surface area contributed by atoms with Gasteiger partial charge < -0.3 is 9.47 Å². The Hall–Kier alpha value is -2.80. The molecule has 25 heavy (non-hydrogen) atoms. The van der Waals surface area contributed by atoms with E-state index in [2.05, 4.69) is 0 Å². The standard InChI is InChI=1S/C18H18N2O4S/c1-25-16(19)20(17(21)23-12-14-8-4-2-5-9-14)18(22)24-13-15-10-6-3-7-11-15/h2-11,19H,12-13H2,1H3/p+1. The fourth-order valence-corrected chi connectivity index (χ4v) is 2.25. The van der Waals surface area contributed by atoms with E-state index in [0.29, 0.717) is 4.90 Å². The van der Waals surface area contributed by atoms with Gasteiger partial charge in [-0.2, -0.15) is 9.59 Å². The first-order valence-electron chi connectivity index (χ1n) is 7.49. The lowest BCUT2D eigenvalue weighted by molar-refractivity contribution is -0.119. The molecule has 0 radical (unpaired) electrons. The van der Waals surface area contributed by atoms with Crippen molar-refractivity contribution in [1.82, 2.24) is 4.90 Å².